The molecule has 6 nitrogen and oxygen atoms in total. The molecule has 0 spiro atoms. The van der Waals surface area contributed by atoms with Crippen molar-refractivity contribution in [2.24, 2.45) is 0 Å². The summed E-state index contributed by atoms with van der Waals surface area (Å²) in [5.74, 6) is 0. The van der Waals surface area contributed by atoms with Crippen molar-refractivity contribution in [2.75, 3.05) is 24.4 Å². The van der Waals surface area contributed by atoms with Gasteiger partial charge < -0.3 is 5.32 Å². The fourth-order valence-electron chi connectivity index (χ4n) is 2.28. The Labute approximate surface area is 159 Å². The number of benzene rings is 1. The summed E-state index contributed by atoms with van der Waals surface area (Å²) >= 11 is 1.61. The van der Waals surface area contributed by atoms with Crippen molar-refractivity contribution in [1.29, 1.82) is 0 Å². The Balaban J connectivity index is 2.18. The van der Waals surface area contributed by atoms with E-state index in [1.807, 2.05) is 5.38 Å². The van der Waals surface area contributed by atoms with Gasteiger partial charge in [-0.15, -0.1) is 11.3 Å². The van der Waals surface area contributed by atoms with E-state index in [1.165, 1.54) is 18.2 Å². The van der Waals surface area contributed by atoms with Gasteiger partial charge in [0.05, 0.1) is 26.2 Å². The van der Waals surface area contributed by atoms with Crippen molar-refractivity contribution in [3.8, 4) is 0 Å². The molecule has 2 aromatic rings. The van der Waals surface area contributed by atoms with Gasteiger partial charge in [-0.2, -0.15) is 0 Å². The highest BCUT2D eigenvalue weighted by molar-refractivity contribution is 7.91. The Morgan fingerprint density at radius 2 is 1.73 bits per heavy atom. The standard InChI is InChI=1S/C17H24N2O4S3/c1-17(2,3)16-19-12(11-24-16)8-9-18-14-7-6-13(25(4,20)21)10-15(14)26(5,22)23/h6-7,10-11,18H,8-9H2,1-5H3. The van der Waals surface area contributed by atoms with Crippen molar-refractivity contribution in [3.63, 3.8) is 0 Å². The minimum absolute atomic E-state index is 0.00127. The molecular weight excluding hydrogens is 392 g/mol. The van der Waals surface area contributed by atoms with Gasteiger partial charge in [0.15, 0.2) is 19.7 Å². The van der Waals surface area contributed by atoms with Gasteiger partial charge in [-0.05, 0) is 18.2 Å². The lowest BCUT2D eigenvalue weighted by Crippen LogP contribution is -2.12. The molecule has 0 fully saturated rings. The summed E-state index contributed by atoms with van der Waals surface area (Å²) in [6, 6.07) is 4.11. The number of hydrogen-bond acceptors (Lipinski definition) is 7. The third-order valence-corrected chi connectivity index (χ3v) is 7.23. The van der Waals surface area contributed by atoms with Crippen LogP contribution in [0.1, 0.15) is 31.5 Å². The first-order valence-corrected chi connectivity index (χ1v) is 12.7. The van der Waals surface area contributed by atoms with Gasteiger partial charge in [0.2, 0.25) is 0 Å². The highest BCUT2D eigenvalue weighted by Crippen LogP contribution is 2.27. The second kappa shape index (κ2) is 7.28. The zero-order chi connectivity index (χ0) is 19.8. The Kier molecular flexibility index (Phi) is 5.84. The predicted octanol–water partition coefficient (Wildman–Crippen LogP) is 2.90. The molecule has 0 atom stereocenters. The maximum absolute atomic E-state index is 12.0. The number of thiazole rings is 1. The summed E-state index contributed by atoms with van der Waals surface area (Å²) < 4.78 is 47.4. The van der Waals surface area contributed by atoms with Crippen LogP contribution in [0.3, 0.4) is 0 Å². The quantitative estimate of drug-likeness (QED) is 0.778. The van der Waals surface area contributed by atoms with E-state index in [0.717, 1.165) is 23.2 Å². The molecule has 26 heavy (non-hydrogen) atoms. The highest BCUT2D eigenvalue weighted by atomic mass is 32.2. The molecule has 2 rings (SSSR count). The molecule has 144 valence electrons. The van der Waals surface area contributed by atoms with E-state index in [-0.39, 0.29) is 15.2 Å². The summed E-state index contributed by atoms with van der Waals surface area (Å²) in [5.41, 5.74) is 1.34. The minimum Gasteiger partial charge on any atom is -0.384 e. The van der Waals surface area contributed by atoms with Crippen molar-refractivity contribution >= 4 is 36.7 Å². The topological polar surface area (TPSA) is 93.2 Å². The van der Waals surface area contributed by atoms with Gasteiger partial charge in [0, 0.05) is 36.3 Å². The molecule has 0 radical (unpaired) electrons. The second-order valence-electron chi connectivity index (χ2n) is 7.27. The van der Waals surface area contributed by atoms with E-state index in [4.69, 9.17) is 0 Å². The summed E-state index contributed by atoms with van der Waals surface area (Å²) in [4.78, 5) is 4.58. The molecule has 0 aliphatic heterocycles. The van der Waals surface area contributed by atoms with Gasteiger partial charge in [-0.1, -0.05) is 20.8 Å². The van der Waals surface area contributed by atoms with E-state index in [0.29, 0.717) is 18.7 Å². The van der Waals surface area contributed by atoms with Gasteiger partial charge >= 0.3 is 0 Å². The van der Waals surface area contributed by atoms with E-state index in [9.17, 15) is 16.8 Å². The van der Waals surface area contributed by atoms with Crippen LogP contribution in [-0.4, -0.2) is 40.9 Å². The third-order valence-electron chi connectivity index (χ3n) is 3.67. The maximum Gasteiger partial charge on any atom is 0.177 e. The molecule has 0 saturated carbocycles. The van der Waals surface area contributed by atoms with Crippen molar-refractivity contribution in [1.82, 2.24) is 4.98 Å². The van der Waals surface area contributed by atoms with Crippen LogP contribution >= 0.6 is 11.3 Å². The average Bonchev–Trinajstić information content (AvgIpc) is 2.94. The zero-order valence-electron chi connectivity index (χ0n) is 15.5. The first-order valence-electron chi connectivity index (χ1n) is 8.01. The number of hydrogen-bond donors (Lipinski definition) is 1. The summed E-state index contributed by atoms with van der Waals surface area (Å²) in [5, 5.41) is 6.15. The van der Waals surface area contributed by atoms with Crippen LogP contribution in [0.5, 0.6) is 0 Å². The van der Waals surface area contributed by atoms with Crippen LogP contribution in [-0.2, 0) is 31.5 Å². The molecule has 0 saturated heterocycles. The molecular formula is C17H24N2O4S3. The summed E-state index contributed by atoms with van der Waals surface area (Å²) in [6.45, 7) is 6.81. The minimum atomic E-state index is -3.57. The molecule has 1 heterocycles. The number of sulfone groups is 2. The Morgan fingerprint density at radius 1 is 1.08 bits per heavy atom. The lowest BCUT2D eigenvalue weighted by Gasteiger charge is -2.14. The van der Waals surface area contributed by atoms with Gasteiger partial charge in [-0.25, -0.2) is 21.8 Å². The number of anilines is 1. The van der Waals surface area contributed by atoms with E-state index in [1.54, 1.807) is 11.3 Å². The van der Waals surface area contributed by atoms with Crippen LogP contribution in [0.15, 0.2) is 33.4 Å². The van der Waals surface area contributed by atoms with Crippen molar-refractivity contribution in [2.45, 2.75) is 42.4 Å². The van der Waals surface area contributed by atoms with Crippen molar-refractivity contribution < 1.29 is 16.8 Å². The van der Waals surface area contributed by atoms with E-state index >= 15 is 0 Å². The smallest absolute Gasteiger partial charge is 0.177 e. The number of nitrogens with zero attached hydrogens (tertiary/aromatic N) is 1. The fraction of sp³-hybridized carbons (Fsp3) is 0.471. The molecule has 0 aliphatic rings. The largest absolute Gasteiger partial charge is 0.384 e. The Hall–Kier alpha value is -1.45. The molecule has 1 aromatic heterocycles. The Bertz CT molecular complexity index is 1000. The van der Waals surface area contributed by atoms with Crippen LogP contribution < -0.4 is 5.32 Å². The lowest BCUT2D eigenvalue weighted by atomic mass is 9.98. The van der Waals surface area contributed by atoms with E-state index in [2.05, 4.69) is 31.1 Å². The highest BCUT2D eigenvalue weighted by Gasteiger charge is 2.19. The molecule has 0 unspecified atom stereocenters. The first-order chi connectivity index (χ1) is 11.8. The van der Waals surface area contributed by atoms with Crippen molar-refractivity contribution in [3.05, 3.63) is 34.3 Å². The summed E-state index contributed by atoms with van der Waals surface area (Å²) in [6.07, 6.45) is 2.76. The zero-order valence-corrected chi connectivity index (χ0v) is 18.0. The molecule has 0 aliphatic carbocycles. The van der Waals surface area contributed by atoms with Gasteiger partial charge in [-0.3, -0.25) is 0 Å². The van der Waals surface area contributed by atoms with Gasteiger partial charge in [0.25, 0.3) is 0 Å². The predicted molar refractivity (Wildman–Crippen MR) is 106 cm³/mol. The molecule has 1 aromatic carbocycles. The Morgan fingerprint density at radius 3 is 2.23 bits per heavy atom. The molecule has 1 N–H and O–H groups in total. The van der Waals surface area contributed by atoms with Gasteiger partial charge in [0.1, 0.15) is 0 Å². The number of nitrogens with one attached hydrogen (secondary N) is 1. The first kappa shape index (κ1) is 20.9. The molecule has 9 heteroatoms. The van der Waals surface area contributed by atoms with Crippen LogP contribution in [0.4, 0.5) is 5.69 Å². The molecule has 0 bridgehead atoms. The SMILES string of the molecule is CC(C)(C)c1nc(CCNc2ccc(S(C)(=O)=O)cc2S(C)(=O)=O)cs1. The maximum atomic E-state index is 12.0. The summed E-state index contributed by atoms with van der Waals surface area (Å²) in [7, 11) is -7.05. The average molecular weight is 417 g/mol. The normalized spacial score (nSPS) is 13.0. The molecule has 0 amide bonds. The monoisotopic (exact) mass is 416 g/mol. The number of aromatic nitrogens is 1. The fourth-order valence-corrected chi connectivity index (χ4v) is 4.82. The lowest BCUT2D eigenvalue weighted by molar-refractivity contribution is 0.583. The third kappa shape index (κ3) is 5.28. The van der Waals surface area contributed by atoms with Crippen LogP contribution in [0, 0.1) is 0 Å². The van der Waals surface area contributed by atoms with Crippen LogP contribution in [0.2, 0.25) is 0 Å². The van der Waals surface area contributed by atoms with Crippen LogP contribution in [0.25, 0.3) is 0 Å². The number of rotatable bonds is 6. The van der Waals surface area contributed by atoms with E-state index < -0.39 is 19.7 Å². The second-order valence-corrected chi connectivity index (χ2v) is 12.1.